The number of carboxylic acids is 1. The number of aromatic nitrogens is 1. The van der Waals surface area contributed by atoms with Gasteiger partial charge in [0.2, 0.25) is 0 Å². The molecule has 80 valence electrons. The van der Waals surface area contributed by atoms with E-state index in [1.807, 2.05) is 6.92 Å². The lowest BCUT2D eigenvalue weighted by Crippen LogP contribution is -2.28. The Morgan fingerprint density at radius 2 is 2.07 bits per heavy atom. The Labute approximate surface area is 87.2 Å². The van der Waals surface area contributed by atoms with Crippen LogP contribution in [0.15, 0.2) is 10.9 Å². The van der Waals surface area contributed by atoms with Crippen LogP contribution < -0.4 is 5.56 Å². The number of hydrogen-bond donors (Lipinski definition) is 1. The van der Waals surface area contributed by atoms with Gasteiger partial charge in [0.15, 0.2) is 0 Å². The lowest BCUT2D eigenvalue weighted by Gasteiger charge is -2.11. The normalized spacial score (nSPS) is 15.3. The van der Waals surface area contributed by atoms with Crippen LogP contribution in [0.2, 0.25) is 0 Å². The number of nitrogens with zero attached hydrogens (tertiary/aromatic N) is 1. The van der Waals surface area contributed by atoms with Gasteiger partial charge in [-0.2, -0.15) is 0 Å². The lowest BCUT2D eigenvalue weighted by molar-refractivity contribution is 0.0693. The predicted molar refractivity (Wildman–Crippen MR) is 55.4 cm³/mol. The van der Waals surface area contributed by atoms with Crippen molar-refractivity contribution >= 4 is 5.97 Å². The van der Waals surface area contributed by atoms with Gasteiger partial charge in [-0.25, -0.2) is 4.79 Å². The molecule has 0 aromatic carbocycles. The third-order valence-electron chi connectivity index (χ3n) is 2.76. The minimum absolute atomic E-state index is 0.0903. The molecule has 1 fully saturated rings. The molecular formula is C11H13NO3. The fraction of sp³-hybridized carbons (Fsp3) is 0.455. The maximum Gasteiger partial charge on any atom is 0.341 e. The third kappa shape index (κ3) is 1.56. The first-order chi connectivity index (χ1) is 7.02. The Bertz CT molecular complexity index is 483. The van der Waals surface area contributed by atoms with Crippen molar-refractivity contribution in [2.24, 2.45) is 0 Å². The highest BCUT2D eigenvalue weighted by molar-refractivity contribution is 5.88. The molecule has 0 bridgehead atoms. The van der Waals surface area contributed by atoms with Crippen molar-refractivity contribution in [3.05, 3.63) is 33.2 Å². The second-order valence-electron chi connectivity index (χ2n) is 4.06. The Balaban J connectivity index is 2.71. The molecule has 1 N–H and O–H groups in total. The maximum absolute atomic E-state index is 11.9. The van der Waals surface area contributed by atoms with Crippen molar-refractivity contribution in [1.82, 2.24) is 4.57 Å². The number of pyridine rings is 1. The van der Waals surface area contributed by atoms with Gasteiger partial charge in [0.25, 0.3) is 5.56 Å². The molecule has 15 heavy (non-hydrogen) atoms. The standard InChI is InChI=1S/C11H13NO3/c1-6-5-7(2)12(8-3-4-8)10(13)9(6)11(14)15/h5,8H,3-4H2,1-2H3,(H,14,15). The zero-order chi connectivity index (χ0) is 11.2. The SMILES string of the molecule is Cc1cc(C)n(C2CC2)c(=O)c1C(=O)O. The molecule has 0 radical (unpaired) electrons. The molecule has 4 heteroatoms. The first kappa shape index (κ1) is 9.96. The molecule has 0 aliphatic heterocycles. The van der Waals surface area contributed by atoms with Gasteiger partial charge in [-0.1, -0.05) is 0 Å². The van der Waals surface area contributed by atoms with Crippen LogP contribution in [0, 0.1) is 13.8 Å². The summed E-state index contributed by atoms with van der Waals surface area (Å²) in [6, 6.07) is 1.99. The number of rotatable bonds is 2. The fourth-order valence-corrected chi connectivity index (χ4v) is 1.95. The summed E-state index contributed by atoms with van der Waals surface area (Å²) in [6.07, 6.45) is 1.95. The molecule has 0 saturated heterocycles. The minimum Gasteiger partial charge on any atom is -0.477 e. The van der Waals surface area contributed by atoms with E-state index in [1.165, 1.54) is 0 Å². The zero-order valence-electron chi connectivity index (χ0n) is 8.78. The first-order valence-corrected chi connectivity index (χ1v) is 4.98. The van der Waals surface area contributed by atoms with E-state index in [1.54, 1.807) is 17.6 Å². The van der Waals surface area contributed by atoms with Gasteiger partial charge in [-0.05, 0) is 38.3 Å². The van der Waals surface area contributed by atoms with Crippen molar-refractivity contribution in [3.63, 3.8) is 0 Å². The second kappa shape index (κ2) is 3.22. The average molecular weight is 207 g/mol. The predicted octanol–water partition coefficient (Wildman–Crippen LogP) is 1.50. The van der Waals surface area contributed by atoms with Crippen LogP contribution >= 0.6 is 0 Å². The molecule has 1 aliphatic rings. The number of carboxylic acid groups (broad SMARTS) is 1. The minimum atomic E-state index is -1.13. The molecule has 4 nitrogen and oxygen atoms in total. The van der Waals surface area contributed by atoms with Crippen LogP contribution in [0.3, 0.4) is 0 Å². The van der Waals surface area contributed by atoms with E-state index in [0.29, 0.717) is 5.56 Å². The fourth-order valence-electron chi connectivity index (χ4n) is 1.95. The topological polar surface area (TPSA) is 59.3 Å². The van der Waals surface area contributed by atoms with Crippen LogP contribution in [0.5, 0.6) is 0 Å². The zero-order valence-corrected chi connectivity index (χ0v) is 8.78. The van der Waals surface area contributed by atoms with Gasteiger partial charge < -0.3 is 9.67 Å². The van der Waals surface area contributed by atoms with E-state index in [0.717, 1.165) is 18.5 Å². The van der Waals surface area contributed by atoms with E-state index in [9.17, 15) is 9.59 Å². The maximum atomic E-state index is 11.9. The molecule has 0 amide bonds. The van der Waals surface area contributed by atoms with Crippen LogP contribution in [0.1, 0.15) is 40.5 Å². The molecular weight excluding hydrogens is 194 g/mol. The molecule has 1 aromatic rings. The molecule has 1 saturated carbocycles. The van der Waals surface area contributed by atoms with E-state index in [2.05, 4.69) is 0 Å². The highest BCUT2D eigenvalue weighted by atomic mass is 16.4. The van der Waals surface area contributed by atoms with E-state index in [4.69, 9.17) is 5.11 Å². The van der Waals surface area contributed by atoms with Gasteiger partial charge in [-0.3, -0.25) is 4.79 Å². The summed E-state index contributed by atoms with van der Waals surface area (Å²) in [5, 5.41) is 8.95. The second-order valence-corrected chi connectivity index (χ2v) is 4.06. The van der Waals surface area contributed by atoms with Crippen LogP contribution in [-0.2, 0) is 0 Å². The van der Waals surface area contributed by atoms with E-state index < -0.39 is 5.97 Å². The van der Waals surface area contributed by atoms with Gasteiger partial charge >= 0.3 is 5.97 Å². The molecule has 0 atom stereocenters. The van der Waals surface area contributed by atoms with E-state index in [-0.39, 0.29) is 17.2 Å². The highest BCUT2D eigenvalue weighted by Gasteiger charge is 2.28. The largest absolute Gasteiger partial charge is 0.477 e. The molecule has 1 heterocycles. The number of hydrogen-bond acceptors (Lipinski definition) is 2. The summed E-state index contributed by atoms with van der Waals surface area (Å²) in [5.41, 5.74) is 0.946. The first-order valence-electron chi connectivity index (χ1n) is 4.98. The summed E-state index contributed by atoms with van der Waals surface area (Å²) in [5.74, 6) is -1.13. The smallest absolute Gasteiger partial charge is 0.341 e. The van der Waals surface area contributed by atoms with Gasteiger partial charge in [0, 0.05) is 11.7 Å². The molecule has 0 spiro atoms. The van der Waals surface area contributed by atoms with Crippen LogP contribution in [0.4, 0.5) is 0 Å². The quantitative estimate of drug-likeness (QED) is 0.799. The van der Waals surface area contributed by atoms with Gasteiger partial charge in [0.05, 0.1) is 0 Å². The monoisotopic (exact) mass is 207 g/mol. The summed E-state index contributed by atoms with van der Waals surface area (Å²) >= 11 is 0. The van der Waals surface area contributed by atoms with Crippen molar-refractivity contribution in [2.75, 3.05) is 0 Å². The average Bonchev–Trinajstić information content (AvgIpc) is 2.85. The molecule has 1 aromatic heterocycles. The third-order valence-corrected chi connectivity index (χ3v) is 2.76. The Morgan fingerprint density at radius 1 is 1.47 bits per heavy atom. The number of aryl methyl sites for hydroxylation is 2. The highest BCUT2D eigenvalue weighted by Crippen LogP contribution is 2.34. The Hall–Kier alpha value is -1.58. The summed E-state index contributed by atoms with van der Waals surface area (Å²) in [6.45, 7) is 3.51. The van der Waals surface area contributed by atoms with Crippen molar-refractivity contribution < 1.29 is 9.90 Å². The summed E-state index contributed by atoms with van der Waals surface area (Å²) < 4.78 is 1.61. The van der Waals surface area contributed by atoms with E-state index >= 15 is 0 Å². The van der Waals surface area contributed by atoms with Crippen LogP contribution in [-0.4, -0.2) is 15.6 Å². The Morgan fingerprint density at radius 3 is 2.53 bits per heavy atom. The Kier molecular flexibility index (Phi) is 2.14. The molecule has 0 unspecified atom stereocenters. The number of aromatic carboxylic acids is 1. The molecule has 1 aliphatic carbocycles. The van der Waals surface area contributed by atoms with Crippen LogP contribution in [0.25, 0.3) is 0 Å². The van der Waals surface area contributed by atoms with Gasteiger partial charge in [0.1, 0.15) is 5.56 Å². The van der Waals surface area contributed by atoms with Crippen molar-refractivity contribution in [3.8, 4) is 0 Å². The summed E-state index contributed by atoms with van der Waals surface area (Å²) in [4.78, 5) is 22.9. The van der Waals surface area contributed by atoms with Crippen molar-refractivity contribution in [1.29, 1.82) is 0 Å². The van der Waals surface area contributed by atoms with Crippen molar-refractivity contribution in [2.45, 2.75) is 32.7 Å². The lowest BCUT2D eigenvalue weighted by atomic mass is 10.1. The van der Waals surface area contributed by atoms with Gasteiger partial charge in [-0.15, -0.1) is 0 Å². The summed E-state index contributed by atoms with van der Waals surface area (Å²) in [7, 11) is 0. The number of carbonyl (C=O) groups is 1. The molecule has 2 rings (SSSR count).